The number of hydrogen-bond donors (Lipinski definition) is 2. The maximum atomic E-state index is 4.76. The van der Waals surface area contributed by atoms with Crippen LogP contribution in [-0.4, -0.2) is 37.1 Å². The van der Waals surface area contributed by atoms with Crippen molar-refractivity contribution >= 4 is 23.1 Å². The Balaban J connectivity index is 1.59. The van der Waals surface area contributed by atoms with E-state index in [0.717, 1.165) is 38.0 Å². The van der Waals surface area contributed by atoms with Gasteiger partial charge in [0.2, 0.25) is 0 Å². The molecule has 2 aromatic heterocycles. The van der Waals surface area contributed by atoms with Gasteiger partial charge < -0.3 is 15.5 Å². The summed E-state index contributed by atoms with van der Waals surface area (Å²) in [4.78, 5) is 13.0. The third-order valence-corrected chi connectivity index (χ3v) is 5.71. The van der Waals surface area contributed by atoms with E-state index in [4.69, 9.17) is 4.99 Å². The van der Waals surface area contributed by atoms with E-state index in [-0.39, 0.29) is 0 Å². The molecule has 1 aliphatic rings. The van der Waals surface area contributed by atoms with Gasteiger partial charge in [0.05, 0.1) is 6.54 Å². The molecule has 26 heavy (non-hydrogen) atoms. The van der Waals surface area contributed by atoms with Gasteiger partial charge in [-0.1, -0.05) is 13.0 Å². The van der Waals surface area contributed by atoms with Crippen molar-refractivity contribution in [3.8, 4) is 0 Å². The Kier molecular flexibility index (Phi) is 6.89. The SMILES string of the molecule is CCNC(=NCc1ccnc(N2CCCC2)c1)NCC(C)c1cccs1. The molecule has 0 saturated carbocycles. The highest BCUT2D eigenvalue weighted by molar-refractivity contribution is 7.10. The van der Waals surface area contributed by atoms with Crippen molar-refractivity contribution in [3.63, 3.8) is 0 Å². The molecule has 6 heteroatoms. The van der Waals surface area contributed by atoms with Gasteiger partial charge in [0.15, 0.2) is 5.96 Å². The van der Waals surface area contributed by atoms with Crippen LogP contribution in [0.15, 0.2) is 40.8 Å². The first kappa shape index (κ1) is 18.7. The summed E-state index contributed by atoms with van der Waals surface area (Å²) in [6.07, 6.45) is 4.43. The Labute approximate surface area is 160 Å². The van der Waals surface area contributed by atoms with Gasteiger partial charge in [0.1, 0.15) is 5.82 Å². The molecule has 1 aliphatic heterocycles. The lowest BCUT2D eigenvalue weighted by atomic mass is 10.1. The Hall–Kier alpha value is -2.08. The van der Waals surface area contributed by atoms with Crippen molar-refractivity contribution in [2.45, 2.75) is 39.2 Å². The highest BCUT2D eigenvalue weighted by atomic mass is 32.1. The molecule has 2 aromatic rings. The van der Waals surface area contributed by atoms with Crippen molar-refractivity contribution in [1.29, 1.82) is 0 Å². The molecule has 3 rings (SSSR count). The molecule has 0 aromatic carbocycles. The first-order chi connectivity index (χ1) is 12.8. The number of nitrogens with one attached hydrogen (secondary N) is 2. The third-order valence-electron chi connectivity index (χ3n) is 4.61. The van der Waals surface area contributed by atoms with Crippen molar-refractivity contribution in [3.05, 3.63) is 46.3 Å². The number of aliphatic imine (C=N–C) groups is 1. The summed E-state index contributed by atoms with van der Waals surface area (Å²) in [6.45, 7) is 8.96. The second-order valence-corrected chi connectivity index (χ2v) is 7.69. The minimum atomic E-state index is 0.474. The summed E-state index contributed by atoms with van der Waals surface area (Å²) >= 11 is 1.81. The maximum absolute atomic E-state index is 4.76. The largest absolute Gasteiger partial charge is 0.357 e. The molecule has 1 unspecified atom stereocenters. The van der Waals surface area contributed by atoms with Crippen molar-refractivity contribution < 1.29 is 0 Å². The third kappa shape index (κ3) is 5.21. The van der Waals surface area contributed by atoms with Crippen LogP contribution in [0.3, 0.4) is 0 Å². The molecular weight excluding hydrogens is 342 g/mol. The fourth-order valence-corrected chi connectivity index (χ4v) is 3.90. The summed E-state index contributed by atoms with van der Waals surface area (Å²) in [7, 11) is 0. The van der Waals surface area contributed by atoms with E-state index in [2.05, 4.69) is 64.0 Å². The summed E-state index contributed by atoms with van der Waals surface area (Å²) in [6, 6.07) is 8.53. The van der Waals surface area contributed by atoms with Crippen LogP contribution in [0.4, 0.5) is 5.82 Å². The summed E-state index contributed by atoms with van der Waals surface area (Å²) < 4.78 is 0. The van der Waals surface area contributed by atoms with E-state index in [9.17, 15) is 0 Å². The molecule has 2 N–H and O–H groups in total. The van der Waals surface area contributed by atoms with Crippen LogP contribution in [-0.2, 0) is 6.54 Å². The second-order valence-electron chi connectivity index (χ2n) is 6.71. The van der Waals surface area contributed by atoms with Gasteiger partial charge >= 0.3 is 0 Å². The Morgan fingerprint density at radius 3 is 2.88 bits per heavy atom. The number of thiophene rings is 1. The highest BCUT2D eigenvalue weighted by Crippen LogP contribution is 2.20. The summed E-state index contributed by atoms with van der Waals surface area (Å²) in [5.74, 6) is 2.43. The number of anilines is 1. The predicted octanol–water partition coefficient (Wildman–Crippen LogP) is 3.60. The van der Waals surface area contributed by atoms with Gasteiger partial charge in [0.25, 0.3) is 0 Å². The number of guanidine groups is 1. The molecule has 0 amide bonds. The van der Waals surface area contributed by atoms with Gasteiger partial charge in [-0.2, -0.15) is 0 Å². The van der Waals surface area contributed by atoms with E-state index in [1.807, 2.05) is 17.5 Å². The van der Waals surface area contributed by atoms with Gasteiger partial charge in [-0.15, -0.1) is 11.3 Å². The number of hydrogen-bond acceptors (Lipinski definition) is 4. The Morgan fingerprint density at radius 2 is 2.15 bits per heavy atom. The number of nitrogens with zero attached hydrogens (tertiary/aromatic N) is 3. The molecule has 1 fully saturated rings. The average Bonchev–Trinajstić information content (AvgIpc) is 3.38. The number of pyridine rings is 1. The van der Waals surface area contributed by atoms with E-state index in [1.165, 1.54) is 23.3 Å². The zero-order valence-corrected chi connectivity index (χ0v) is 16.6. The minimum Gasteiger partial charge on any atom is -0.357 e. The first-order valence-electron chi connectivity index (χ1n) is 9.51. The zero-order chi connectivity index (χ0) is 18.2. The first-order valence-corrected chi connectivity index (χ1v) is 10.4. The molecule has 140 valence electrons. The van der Waals surface area contributed by atoms with Crippen molar-refractivity contribution in [2.75, 3.05) is 31.1 Å². The van der Waals surface area contributed by atoms with Crippen LogP contribution < -0.4 is 15.5 Å². The summed E-state index contributed by atoms with van der Waals surface area (Å²) in [5, 5.41) is 8.94. The van der Waals surface area contributed by atoms with E-state index in [0.29, 0.717) is 12.5 Å². The standard InChI is InChI=1S/C20H29N5S/c1-3-21-20(23-14-16(2)18-7-6-12-26-18)24-15-17-8-9-22-19(13-17)25-10-4-5-11-25/h6-9,12-13,16H,3-5,10-11,14-15H2,1-2H3,(H2,21,23,24). The molecule has 1 atom stereocenters. The maximum Gasteiger partial charge on any atom is 0.191 e. The molecule has 0 bridgehead atoms. The zero-order valence-electron chi connectivity index (χ0n) is 15.7. The number of rotatable bonds is 7. The topological polar surface area (TPSA) is 52.6 Å². The highest BCUT2D eigenvalue weighted by Gasteiger charge is 2.13. The minimum absolute atomic E-state index is 0.474. The summed E-state index contributed by atoms with van der Waals surface area (Å²) in [5.41, 5.74) is 1.20. The van der Waals surface area contributed by atoms with Crippen LogP contribution in [0.5, 0.6) is 0 Å². The van der Waals surface area contributed by atoms with Crippen LogP contribution in [0, 0.1) is 0 Å². The lowest BCUT2D eigenvalue weighted by Crippen LogP contribution is -2.39. The molecule has 3 heterocycles. The second kappa shape index (κ2) is 9.57. The fraction of sp³-hybridized carbons (Fsp3) is 0.500. The molecular formula is C20H29N5S. The van der Waals surface area contributed by atoms with Gasteiger partial charge in [0, 0.05) is 43.2 Å². The smallest absolute Gasteiger partial charge is 0.191 e. The predicted molar refractivity (Wildman–Crippen MR) is 111 cm³/mol. The van der Waals surface area contributed by atoms with Gasteiger partial charge in [-0.05, 0) is 48.9 Å². The van der Waals surface area contributed by atoms with Crippen LogP contribution >= 0.6 is 11.3 Å². The Morgan fingerprint density at radius 1 is 1.31 bits per heavy atom. The lowest BCUT2D eigenvalue weighted by Gasteiger charge is -2.17. The molecule has 5 nitrogen and oxygen atoms in total. The van der Waals surface area contributed by atoms with Crippen LogP contribution in [0.1, 0.15) is 43.0 Å². The van der Waals surface area contributed by atoms with E-state index in [1.54, 1.807) is 0 Å². The normalized spacial score (nSPS) is 15.9. The van der Waals surface area contributed by atoms with Crippen molar-refractivity contribution in [1.82, 2.24) is 15.6 Å². The van der Waals surface area contributed by atoms with E-state index < -0.39 is 0 Å². The van der Waals surface area contributed by atoms with Gasteiger partial charge in [-0.25, -0.2) is 9.98 Å². The number of aromatic nitrogens is 1. The molecule has 0 radical (unpaired) electrons. The molecule has 1 saturated heterocycles. The van der Waals surface area contributed by atoms with Crippen molar-refractivity contribution in [2.24, 2.45) is 4.99 Å². The monoisotopic (exact) mass is 371 g/mol. The quantitative estimate of drug-likeness (QED) is 0.577. The van der Waals surface area contributed by atoms with Crippen LogP contribution in [0.2, 0.25) is 0 Å². The van der Waals surface area contributed by atoms with Gasteiger partial charge in [-0.3, -0.25) is 0 Å². The average molecular weight is 372 g/mol. The van der Waals surface area contributed by atoms with E-state index >= 15 is 0 Å². The van der Waals surface area contributed by atoms with Crippen LogP contribution in [0.25, 0.3) is 0 Å². The Bertz CT molecular complexity index is 692. The lowest BCUT2D eigenvalue weighted by molar-refractivity contribution is 0.709. The molecule has 0 spiro atoms. The fourth-order valence-electron chi connectivity index (χ4n) is 3.11. The molecule has 0 aliphatic carbocycles.